The molecule has 1 fully saturated rings. The van der Waals surface area contributed by atoms with Crippen molar-refractivity contribution in [3.05, 3.63) is 59.1 Å². The summed E-state index contributed by atoms with van der Waals surface area (Å²) in [5, 5.41) is 8.15. The smallest absolute Gasteiger partial charge is 0.171 e. The summed E-state index contributed by atoms with van der Waals surface area (Å²) in [6.45, 7) is 0. The molecule has 5 heteroatoms. The lowest BCUT2D eigenvalue weighted by Crippen LogP contribution is -2.45. The molecule has 2 aromatic rings. The van der Waals surface area contributed by atoms with Gasteiger partial charge in [-0.15, -0.1) is 0 Å². The van der Waals surface area contributed by atoms with Gasteiger partial charge in [-0.25, -0.2) is 0 Å². The van der Waals surface area contributed by atoms with Gasteiger partial charge in [-0.2, -0.15) is 0 Å². The quantitative estimate of drug-likeness (QED) is 0.743. The number of benzene rings is 2. The van der Waals surface area contributed by atoms with Crippen LogP contribution in [-0.2, 0) is 5.54 Å². The summed E-state index contributed by atoms with van der Waals surface area (Å²) in [6, 6.07) is 15.8. The maximum absolute atomic E-state index is 5.93. The molecule has 0 unspecified atom stereocenters. The summed E-state index contributed by atoms with van der Waals surface area (Å²) in [6.07, 6.45) is 4.54. The molecule has 3 nitrogen and oxygen atoms in total. The first-order valence-corrected chi connectivity index (χ1v) is 8.89. The molecular weight excluding hydrogens is 340 g/mol. The molecule has 2 aromatic carbocycles. The van der Waals surface area contributed by atoms with Crippen LogP contribution in [0.15, 0.2) is 48.5 Å². The Bertz CT molecular complexity index is 694. The Kier molecular flexibility index (Phi) is 5.27. The Hall–Kier alpha value is -1.78. The van der Waals surface area contributed by atoms with Crippen LogP contribution in [0.1, 0.15) is 31.2 Å². The number of nitrogens with one attached hydrogen (secondary N) is 2. The molecule has 2 N–H and O–H groups in total. The minimum absolute atomic E-state index is 0.108. The van der Waals surface area contributed by atoms with Crippen molar-refractivity contribution < 1.29 is 4.74 Å². The van der Waals surface area contributed by atoms with Crippen molar-refractivity contribution in [1.29, 1.82) is 0 Å². The molecule has 0 amide bonds. The van der Waals surface area contributed by atoms with E-state index >= 15 is 0 Å². The van der Waals surface area contributed by atoms with Crippen LogP contribution < -0.4 is 15.4 Å². The van der Waals surface area contributed by atoms with Crippen molar-refractivity contribution in [2.45, 2.75) is 31.2 Å². The summed E-state index contributed by atoms with van der Waals surface area (Å²) in [5.74, 6) is 0.869. The third-order valence-electron chi connectivity index (χ3n) is 4.55. The zero-order valence-electron chi connectivity index (χ0n) is 13.6. The second-order valence-corrected chi connectivity index (χ2v) is 6.95. The first kappa shape index (κ1) is 17.1. The zero-order valence-corrected chi connectivity index (χ0v) is 15.2. The van der Waals surface area contributed by atoms with Crippen LogP contribution in [-0.4, -0.2) is 12.2 Å². The minimum atomic E-state index is -0.108. The summed E-state index contributed by atoms with van der Waals surface area (Å²) in [4.78, 5) is 0. The summed E-state index contributed by atoms with van der Waals surface area (Å²) >= 11 is 11.5. The second kappa shape index (κ2) is 7.41. The van der Waals surface area contributed by atoms with E-state index in [1.54, 1.807) is 7.11 Å². The van der Waals surface area contributed by atoms with E-state index in [9.17, 15) is 0 Å². The monoisotopic (exact) mass is 360 g/mol. The Balaban J connectivity index is 1.75. The van der Waals surface area contributed by atoms with E-state index in [4.69, 9.17) is 28.6 Å². The maximum atomic E-state index is 5.93. The fraction of sp³-hybridized carbons (Fsp3) is 0.316. The average molecular weight is 361 g/mol. The van der Waals surface area contributed by atoms with Gasteiger partial charge in [0.25, 0.3) is 0 Å². The first-order valence-electron chi connectivity index (χ1n) is 8.11. The van der Waals surface area contributed by atoms with Gasteiger partial charge in [0.05, 0.1) is 12.6 Å². The largest absolute Gasteiger partial charge is 0.497 e. The highest BCUT2D eigenvalue weighted by atomic mass is 35.5. The molecule has 1 aliphatic carbocycles. The Morgan fingerprint density at radius 1 is 1.04 bits per heavy atom. The van der Waals surface area contributed by atoms with E-state index in [1.165, 1.54) is 18.4 Å². The number of halogens is 1. The van der Waals surface area contributed by atoms with Crippen LogP contribution in [0.2, 0.25) is 5.02 Å². The van der Waals surface area contributed by atoms with Crippen LogP contribution in [0.25, 0.3) is 0 Å². The van der Waals surface area contributed by atoms with E-state index < -0.39 is 0 Å². The first-order chi connectivity index (χ1) is 11.6. The minimum Gasteiger partial charge on any atom is -0.497 e. The molecule has 0 radical (unpaired) electrons. The number of hydrogen-bond donors (Lipinski definition) is 2. The van der Waals surface area contributed by atoms with Gasteiger partial charge < -0.3 is 15.4 Å². The van der Waals surface area contributed by atoms with Gasteiger partial charge in [-0.1, -0.05) is 36.6 Å². The van der Waals surface area contributed by atoms with Crippen molar-refractivity contribution in [1.82, 2.24) is 5.32 Å². The van der Waals surface area contributed by atoms with E-state index in [0.29, 0.717) is 10.1 Å². The number of thiocarbonyl (C=S) groups is 1. The van der Waals surface area contributed by atoms with E-state index in [0.717, 1.165) is 24.3 Å². The van der Waals surface area contributed by atoms with Crippen LogP contribution in [0, 0.1) is 0 Å². The molecular formula is C19H21ClN2OS. The third kappa shape index (κ3) is 3.82. The van der Waals surface area contributed by atoms with Gasteiger partial charge in [0.15, 0.2) is 5.11 Å². The summed E-state index contributed by atoms with van der Waals surface area (Å²) < 4.78 is 5.27. The predicted molar refractivity (Wildman–Crippen MR) is 104 cm³/mol. The lowest BCUT2D eigenvalue weighted by Gasteiger charge is -2.32. The SMILES string of the molecule is COc1ccc(C2(NC(=S)Nc3ccc(Cl)cc3)CCCC2)cc1. The van der Waals surface area contributed by atoms with Crippen molar-refractivity contribution in [3.8, 4) is 5.75 Å². The standard InChI is InChI=1S/C19H21ClN2OS/c1-23-17-10-4-14(5-11-17)19(12-2-3-13-19)22-18(24)21-16-8-6-15(20)7-9-16/h4-11H,2-3,12-13H2,1H3,(H2,21,22,24). The number of hydrogen-bond acceptors (Lipinski definition) is 2. The van der Waals surface area contributed by atoms with E-state index in [2.05, 4.69) is 22.8 Å². The van der Waals surface area contributed by atoms with Gasteiger partial charge in [0.1, 0.15) is 5.75 Å². The van der Waals surface area contributed by atoms with Gasteiger partial charge in [-0.05, 0) is 67.0 Å². The number of anilines is 1. The predicted octanol–water partition coefficient (Wildman–Crippen LogP) is 5.10. The normalized spacial score (nSPS) is 15.8. The number of methoxy groups -OCH3 is 1. The van der Waals surface area contributed by atoms with Crippen molar-refractivity contribution in [3.63, 3.8) is 0 Å². The Labute approximate surface area is 153 Å². The van der Waals surface area contributed by atoms with E-state index in [-0.39, 0.29) is 5.54 Å². The molecule has 0 saturated heterocycles. The highest BCUT2D eigenvalue weighted by Crippen LogP contribution is 2.39. The fourth-order valence-electron chi connectivity index (χ4n) is 3.29. The topological polar surface area (TPSA) is 33.3 Å². The number of rotatable bonds is 4. The molecule has 1 saturated carbocycles. The molecule has 0 spiro atoms. The van der Waals surface area contributed by atoms with Gasteiger partial charge in [0.2, 0.25) is 0 Å². The highest BCUT2D eigenvalue weighted by Gasteiger charge is 2.36. The molecule has 0 aromatic heterocycles. The zero-order chi connectivity index (χ0) is 17.0. The van der Waals surface area contributed by atoms with Gasteiger partial charge in [-0.3, -0.25) is 0 Å². The molecule has 0 atom stereocenters. The van der Waals surface area contributed by atoms with Crippen molar-refractivity contribution >= 4 is 34.6 Å². The summed E-state index contributed by atoms with van der Waals surface area (Å²) in [7, 11) is 1.68. The lowest BCUT2D eigenvalue weighted by atomic mass is 9.88. The van der Waals surface area contributed by atoms with Crippen LogP contribution >= 0.6 is 23.8 Å². The number of ether oxygens (including phenoxy) is 1. The molecule has 3 rings (SSSR count). The van der Waals surface area contributed by atoms with Crippen molar-refractivity contribution in [2.75, 3.05) is 12.4 Å². The maximum Gasteiger partial charge on any atom is 0.171 e. The van der Waals surface area contributed by atoms with Crippen LogP contribution in [0.3, 0.4) is 0 Å². The van der Waals surface area contributed by atoms with E-state index in [1.807, 2.05) is 36.4 Å². The molecule has 0 aliphatic heterocycles. The third-order valence-corrected chi connectivity index (χ3v) is 5.01. The molecule has 1 aliphatic rings. The summed E-state index contributed by atoms with van der Waals surface area (Å²) in [5.41, 5.74) is 2.07. The molecule has 0 bridgehead atoms. The second-order valence-electron chi connectivity index (χ2n) is 6.10. The fourth-order valence-corrected chi connectivity index (χ4v) is 3.73. The van der Waals surface area contributed by atoms with Crippen molar-refractivity contribution in [2.24, 2.45) is 0 Å². The van der Waals surface area contributed by atoms with Gasteiger partial charge in [0, 0.05) is 10.7 Å². The Morgan fingerprint density at radius 3 is 2.25 bits per heavy atom. The lowest BCUT2D eigenvalue weighted by molar-refractivity contribution is 0.401. The Morgan fingerprint density at radius 2 is 1.67 bits per heavy atom. The average Bonchev–Trinajstić information content (AvgIpc) is 3.06. The molecule has 126 valence electrons. The highest BCUT2D eigenvalue weighted by molar-refractivity contribution is 7.80. The van der Waals surface area contributed by atoms with Crippen LogP contribution in [0.4, 0.5) is 5.69 Å². The molecule has 24 heavy (non-hydrogen) atoms. The van der Waals surface area contributed by atoms with Gasteiger partial charge >= 0.3 is 0 Å². The molecule has 0 heterocycles. The van der Waals surface area contributed by atoms with Crippen LogP contribution in [0.5, 0.6) is 5.75 Å².